The highest BCUT2D eigenvalue weighted by molar-refractivity contribution is 7.87. The molecule has 0 unspecified atom stereocenters. The Morgan fingerprint density at radius 3 is 2.29 bits per heavy atom. The molecule has 126 valence electrons. The van der Waals surface area contributed by atoms with Crippen LogP contribution >= 0.6 is 0 Å². The third-order valence-corrected chi connectivity index (χ3v) is 4.70. The quantitative estimate of drug-likeness (QED) is 0.839. The molecule has 1 amide bonds. The Morgan fingerprint density at radius 2 is 1.71 bits per heavy atom. The molecule has 3 rings (SSSR count). The van der Waals surface area contributed by atoms with Crippen LogP contribution in [0.3, 0.4) is 0 Å². The molecule has 8 heteroatoms. The van der Waals surface area contributed by atoms with Gasteiger partial charge in [0.2, 0.25) is 5.91 Å². The van der Waals surface area contributed by atoms with E-state index in [1.165, 1.54) is 24.3 Å². The first-order chi connectivity index (χ1) is 11.3. The first kappa shape index (κ1) is 16.4. The van der Waals surface area contributed by atoms with Crippen molar-refractivity contribution in [1.82, 2.24) is 0 Å². The molecule has 0 aromatic heterocycles. The molecule has 1 saturated carbocycles. The lowest BCUT2D eigenvalue weighted by Crippen LogP contribution is -2.13. The van der Waals surface area contributed by atoms with Gasteiger partial charge >= 0.3 is 10.1 Å². The van der Waals surface area contributed by atoms with Crippen LogP contribution in [0.1, 0.15) is 12.8 Å². The zero-order valence-electron chi connectivity index (χ0n) is 12.3. The van der Waals surface area contributed by atoms with Crippen molar-refractivity contribution in [3.63, 3.8) is 0 Å². The summed E-state index contributed by atoms with van der Waals surface area (Å²) in [5.74, 6) is -2.46. The van der Waals surface area contributed by atoms with Gasteiger partial charge in [-0.1, -0.05) is 0 Å². The summed E-state index contributed by atoms with van der Waals surface area (Å²) in [6, 6.07) is 7.89. The smallest absolute Gasteiger partial charge is 0.339 e. The van der Waals surface area contributed by atoms with Crippen LogP contribution in [0.15, 0.2) is 47.4 Å². The van der Waals surface area contributed by atoms with E-state index in [1.54, 1.807) is 0 Å². The molecule has 1 fully saturated rings. The molecule has 0 radical (unpaired) electrons. The predicted molar refractivity (Wildman–Crippen MR) is 82.0 cm³/mol. The van der Waals surface area contributed by atoms with Crippen LogP contribution in [-0.2, 0) is 14.9 Å². The number of anilines is 1. The lowest BCUT2D eigenvalue weighted by molar-refractivity contribution is -0.117. The summed E-state index contributed by atoms with van der Waals surface area (Å²) < 4.78 is 55.0. The Kier molecular flexibility index (Phi) is 4.23. The lowest BCUT2D eigenvalue weighted by Gasteiger charge is -2.09. The van der Waals surface area contributed by atoms with Crippen molar-refractivity contribution in [2.45, 2.75) is 17.7 Å². The normalized spacial score (nSPS) is 14.2. The van der Waals surface area contributed by atoms with Crippen LogP contribution in [-0.4, -0.2) is 14.3 Å². The van der Waals surface area contributed by atoms with Crippen molar-refractivity contribution >= 4 is 21.7 Å². The molecule has 1 N–H and O–H groups in total. The van der Waals surface area contributed by atoms with Gasteiger partial charge in [-0.25, -0.2) is 8.78 Å². The molecule has 2 aromatic carbocycles. The first-order valence-corrected chi connectivity index (χ1v) is 8.56. The van der Waals surface area contributed by atoms with Crippen LogP contribution in [0.2, 0.25) is 0 Å². The van der Waals surface area contributed by atoms with Gasteiger partial charge in [-0.2, -0.15) is 8.42 Å². The number of amides is 1. The zero-order chi connectivity index (χ0) is 17.3. The predicted octanol–water partition coefficient (Wildman–Crippen LogP) is 3.08. The summed E-state index contributed by atoms with van der Waals surface area (Å²) in [5, 5.41) is 2.70. The highest BCUT2D eigenvalue weighted by Gasteiger charge is 2.29. The standard InChI is InChI=1S/C16H13F2NO4S/c17-14-8-7-13(9-15(14)18)24(21,22)23-12-5-3-11(4-6-12)19-16(20)10-1-2-10/h3-10H,1-2H2,(H,19,20). The molecule has 0 bridgehead atoms. The van der Waals surface area contributed by atoms with Crippen LogP contribution < -0.4 is 9.50 Å². The average molecular weight is 353 g/mol. The van der Waals surface area contributed by atoms with E-state index in [0.717, 1.165) is 18.9 Å². The number of carbonyl (C=O) groups excluding carboxylic acids is 1. The van der Waals surface area contributed by atoms with E-state index < -0.39 is 26.6 Å². The molecular weight excluding hydrogens is 340 g/mol. The second-order valence-corrected chi connectivity index (χ2v) is 6.95. The molecule has 5 nitrogen and oxygen atoms in total. The molecule has 0 aliphatic heterocycles. The third kappa shape index (κ3) is 3.70. The molecule has 1 aliphatic rings. The Hall–Kier alpha value is -2.48. The van der Waals surface area contributed by atoms with Gasteiger partial charge in [0.05, 0.1) is 0 Å². The Labute approximate surface area is 137 Å². The molecule has 2 aromatic rings. The monoisotopic (exact) mass is 353 g/mol. The van der Waals surface area contributed by atoms with Crippen LogP contribution in [0, 0.1) is 17.6 Å². The van der Waals surface area contributed by atoms with E-state index in [1.807, 2.05) is 0 Å². The minimum atomic E-state index is -4.29. The van der Waals surface area contributed by atoms with Crippen molar-refractivity contribution in [2.24, 2.45) is 5.92 Å². The first-order valence-electron chi connectivity index (χ1n) is 7.15. The minimum Gasteiger partial charge on any atom is -0.379 e. The third-order valence-electron chi connectivity index (χ3n) is 3.46. The van der Waals surface area contributed by atoms with Gasteiger partial charge < -0.3 is 9.50 Å². The number of hydrogen-bond donors (Lipinski definition) is 1. The summed E-state index contributed by atoms with van der Waals surface area (Å²) >= 11 is 0. The van der Waals surface area contributed by atoms with Crippen LogP contribution in [0.25, 0.3) is 0 Å². The summed E-state index contributed by atoms with van der Waals surface area (Å²) in [6.45, 7) is 0. The number of rotatable bonds is 5. The molecule has 0 atom stereocenters. The summed E-state index contributed by atoms with van der Waals surface area (Å²) in [7, 11) is -4.29. The van der Waals surface area contributed by atoms with E-state index in [0.29, 0.717) is 17.8 Å². The Morgan fingerprint density at radius 1 is 1.04 bits per heavy atom. The van der Waals surface area contributed by atoms with E-state index in [4.69, 9.17) is 4.18 Å². The lowest BCUT2D eigenvalue weighted by atomic mass is 10.3. The van der Waals surface area contributed by atoms with E-state index in [2.05, 4.69) is 5.32 Å². The number of nitrogens with one attached hydrogen (secondary N) is 1. The maximum atomic E-state index is 13.2. The van der Waals surface area contributed by atoms with Gasteiger partial charge in [-0.3, -0.25) is 4.79 Å². The number of benzene rings is 2. The van der Waals surface area contributed by atoms with Gasteiger partial charge in [0.15, 0.2) is 11.6 Å². The van der Waals surface area contributed by atoms with Crippen molar-refractivity contribution in [3.05, 3.63) is 54.1 Å². The van der Waals surface area contributed by atoms with Crippen LogP contribution in [0.4, 0.5) is 14.5 Å². The fourth-order valence-electron chi connectivity index (χ4n) is 1.99. The van der Waals surface area contributed by atoms with E-state index in [-0.39, 0.29) is 17.6 Å². The second kappa shape index (κ2) is 6.20. The van der Waals surface area contributed by atoms with Gasteiger partial charge in [0.25, 0.3) is 0 Å². The summed E-state index contributed by atoms with van der Waals surface area (Å²) in [4.78, 5) is 11.1. The minimum absolute atomic E-state index is 0.0100. The fourth-order valence-corrected chi connectivity index (χ4v) is 2.93. The number of halogens is 2. The summed E-state index contributed by atoms with van der Waals surface area (Å²) in [5.41, 5.74) is 0.518. The maximum Gasteiger partial charge on any atom is 0.339 e. The molecule has 0 heterocycles. The number of carbonyl (C=O) groups is 1. The zero-order valence-corrected chi connectivity index (χ0v) is 13.1. The molecule has 0 spiro atoms. The van der Waals surface area contributed by atoms with E-state index >= 15 is 0 Å². The summed E-state index contributed by atoms with van der Waals surface area (Å²) in [6.07, 6.45) is 1.75. The van der Waals surface area contributed by atoms with Gasteiger partial charge in [-0.15, -0.1) is 0 Å². The van der Waals surface area contributed by atoms with Crippen molar-refractivity contribution in [2.75, 3.05) is 5.32 Å². The van der Waals surface area contributed by atoms with Gasteiger partial charge in [0.1, 0.15) is 10.6 Å². The average Bonchev–Trinajstić information content (AvgIpc) is 3.36. The largest absolute Gasteiger partial charge is 0.379 e. The molecule has 0 saturated heterocycles. The molecule has 24 heavy (non-hydrogen) atoms. The molecule has 1 aliphatic carbocycles. The van der Waals surface area contributed by atoms with Crippen LogP contribution in [0.5, 0.6) is 5.75 Å². The SMILES string of the molecule is O=C(Nc1ccc(OS(=O)(=O)c2ccc(F)c(F)c2)cc1)C1CC1. The maximum absolute atomic E-state index is 13.2. The molecular formula is C16H13F2NO4S. The van der Waals surface area contributed by atoms with E-state index in [9.17, 15) is 22.0 Å². The Bertz CT molecular complexity index is 877. The highest BCUT2D eigenvalue weighted by atomic mass is 32.2. The Balaban J connectivity index is 1.72. The highest BCUT2D eigenvalue weighted by Crippen LogP contribution is 2.30. The van der Waals surface area contributed by atoms with Crippen molar-refractivity contribution in [1.29, 1.82) is 0 Å². The fraction of sp³-hybridized carbons (Fsp3) is 0.188. The topological polar surface area (TPSA) is 72.5 Å². The van der Waals surface area contributed by atoms with Gasteiger partial charge in [-0.05, 0) is 55.3 Å². The van der Waals surface area contributed by atoms with Gasteiger partial charge in [0, 0.05) is 11.6 Å². The van der Waals surface area contributed by atoms with Crippen molar-refractivity contribution in [3.8, 4) is 5.75 Å². The van der Waals surface area contributed by atoms with Crippen molar-refractivity contribution < 1.29 is 26.2 Å². The number of hydrogen-bond acceptors (Lipinski definition) is 4. The second-order valence-electron chi connectivity index (χ2n) is 5.40.